The van der Waals surface area contributed by atoms with Crippen LogP contribution in [0, 0.1) is 0 Å². The molecule has 1 aromatic carbocycles. The van der Waals surface area contributed by atoms with E-state index in [1.807, 2.05) is 24.3 Å². The van der Waals surface area contributed by atoms with Crippen LogP contribution in [0.5, 0.6) is 0 Å². The summed E-state index contributed by atoms with van der Waals surface area (Å²) in [5, 5.41) is 8.76. The number of nitrogens with zero attached hydrogens (tertiary/aromatic N) is 1. The van der Waals surface area contributed by atoms with Crippen LogP contribution in [-0.4, -0.2) is 30.8 Å². The minimum Gasteiger partial charge on any atom is -0.386 e. The number of carbonyl (C=O) groups excluding carboxylic acids is 2. The molecule has 1 aromatic rings. The Kier molecular flexibility index (Phi) is 7.06. The van der Waals surface area contributed by atoms with Crippen LogP contribution in [0.15, 0.2) is 33.9 Å². The Balaban J connectivity index is 1.66. The maximum atomic E-state index is 11.7. The number of carbonyl (C=O) groups is 2. The van der Waals surface area contributed by atoms with Gasteiger partial charge < -0.3 is 10.2 Å². The van der Waals surface area contributed by atoms with Gasteiger partial charge in [0.05, 0.1) is 6.21 Å². The van der Waals surface area contributed by atoms with E-state index < -0.39 is 11.9 Å². The number of amides is 3. The molecule has 0 spiro atoms. The van der Waals surface area contributed by atoms with Crippen molar-refractivity contribution in [2.24, 2.45) is 5.16 Å². The van der Waals surface area contributed by atoms with E-state index >= 15 is 0 Å². The predicted octanol–water partition coefficient (Wildman–Crippen LogP) is 2.96. The lowest BCUT2D eigenvalue weighted by Crippen LogP contribution is -2.46. The standard InChI is InChI=1S/C16H20BrN3O3/c17-14-9-5-4-6-12(14)10-18-23-11-15(21)20-16(22)19-13-7-2-1-3-8-13/h4-6,9-10,13H,1-3,7-8,11H2,(H2,19,20,21,22)/b18-10-. The summed E-state index contributed by atoms with van der Waals surface area (Å²) >= 11 is 3.38. The fraction of sp³-hybridized carbons (Fsp3) is 0.438. The van der Waals surface area contributed by atoms with Gasteiger partial charge in [0.15, 0.2) is 6.61 Å². The molecule has 7 heteroatoms. The van der Waals surface area contributed by atoms with Crippen LogP contribution in [-0.2, 0) is 9.63 Å². The zero-order valence-corrected chi connectivity index (χ0v) is 14.3. The van der Waals surface area contributed by atoms with E-state index in [1.54, 1.807) is 0 Å². The third-order valence-electron chi connectivity index (χ3n) is 3.56. The van der Waals surface area contributed by atoms with E-state index in [-0.39, 0.29) is 12.6 Å². The average molecular weight is 382 g/mol. The van der Waals surface area contributed by atoms with Crippen molar-refractivity contribution in [1.29, 1.82) is 0 Å². The normalized spacial score (nSPS) is 15.3. The molecule has 0 saturated heterocycles. The van der Waals surface area contributed by atoms with E-state index in [0.29, 0.717) is 0 Å². The molecule has 0 unspecified atom stereocenters. The fourth-order valence-corrected chi connectivity index (χ4v) is 2.79. The van der Waals surface area contributed by atoms with Gasteiger partial charge in [-0.1, -0.05) is 58.5 Å². The lowest BCUT2D eigenvalue weighted by molar-refractivity contribution is -0.124. The molecular weight excluding hydrogens is 362 g/mol. The number of benzene rings is 1. The van der Waals surface area contributed by atoms with Gasteiger partial charge in [-0.15, -0.1) is 0 Å². The maximum Gasteiger partial charge on any atom is 0.321 e. The van der Waals surface area contributed by atoms with Gasteiger partial charge >= 0.3 is 6.03 Å². The first-order chi connectivity index (χ1) is 11.1. The summed E-state index contributed by atoms with van der Waals surface area (Å²) in [6.07, 6.45) is 6.88. The Bertz CT molecular complexity index is 571. The van der Waals surface area contributed by atoms with Gasteiger partial charge in [-0.2, -0.15) is 0 Å². The molecule has 1 saturated carbocycles. The van der Waals surface area contributed by atoms with E-state index in [9.17, 15) is 9.59 Å². The summed E-state index contributed by atoms with van der Waals surface area (Å²) in [6.45, 7) is -0.307. The Hall–Kier alpha value is -1.89. The van der Waals surface area contributed by atoms with Crippen LogP contribution < -0.4 is 10.6 Å². The second-order valence-corrected chi connectivity index (χ2v) is 6.24. The number of rotatable bonds is 5. The van der Waals surface area contributed by atoms with E-state index in [0.717, 1.165) is 35.7 Å². The fourth-order valence-electron chi connectivity index (χ4n) is 2.40. The lowest BCUT2D eigenvalue weighted by atomic mass is 9.96. The highest BCUT2D eigenvalue weighted by atomic mass is 79.9. The van der Waals surface area contributed by atoms with E-state index in [4.69, 9.17) is 4.84 Å². The number of halogens is 1. The lowest BCUT2D eigenvalue weighted by Gasteiger charge is -2.22. The monoisotopic (exact) mass is 381 g/mol. The molecule has 0 aromatic heterocycles. The van der Waals surface area contributed by atoms with Crippen molar-refractivity contribution in [3.8, 4) is 0 Å². The van der Waals surface area contributed by atoms with Crippen LogP contribution in [0.3, 0.4) is 0 Å². The molecule has 0 radical (unpaired) electrons. The summed E-state index contributed by atoms with van der Waals surface area (Å²) in [6, 6.07) is 7.18. The third kappa shape index (κ3) is 6.40. The van der Waals surface area contributed by atoms with Crippen LogP contribution in [0.2, 0.25) is 0 Å². The molecule has 0 aliphatic heterocycles. The molecular formula is C16H20BrN3O3. The molecule has 0 atom stereocenters. The molecule has 6 nitrogen and oxygen atoms in total. The van der Waals surface area contributed by atoms with Crippen molar-refractivity contribution < 1.29 is 14.4 Å². The van der Waals surface area contributed by atoms with Crippen LogP contribution in [0.1, 0.15) is 37.7 Å². The molecule has 2 N–H and O–H groups in total. The SMILES string of the molecule is O=C(CO/N=C\c1ccccc1Br)NC(=O)NC1CCCCC1. The second-order valence-electron chi connectivity index (χ2n) is 5.39. The quantitative estimate of drug-likeness (QED) is 0.607. The Morgan fingerprint density at radius 3 is 2.74 bits per heavy atom. The summed E-state index contributed by atoms with van der Waals surface area (Å²) in [5.41, 5.74) is 0.836. The first-order valence-corrected chi connectivity index (χ1v) is 8.44. The highest BCUT2D eigenvalue weighted by Gasteiger charge is 2.16. The van der Waals surface area contributed by atoms with Crippen molar-refractivity contribution in [3.63, 3.8) is 0 Å². The number of hydrogen-bond acceptors (Lipinski definition) is 4. The van der Waals surface area contributed by atoms with Crippen molar-refractivity contribution in [2.75, 3.05) is 6.61 Å². The summed E-state index contributed by atoms with van der Waals surface area (Å²) in [5.74, 6) is -0.525. The molecule has 1 fully saturated rings. The molecule has 0 heterocycles. The summed E-state index contributed by atoms with van der Waals surface area (Å²) < 4.78 is 0.878. The van der Waals surface area contributed by atoms with E-state index in [2.05, 4.69) is 31.7 Å². The van der Waals surface area contributed by atoms with Gasteiger partial charge in [-0.05, 0) is 18.9 Å². The molecule has 23 heavy (non-hydrogen) atoms. The number of oxime groups is 1. The topological polar surface area (TPSA) is 79.8 Å². The van der Waals surface area contributed by atoms with Crippen molar-refractivity contribution in [3.05, 3.63) is 34.3 Å². The number of urea groups is 1. The zero-order valence-electron chi connectivity index (χ0n) is 12.8. The molecule has 3 amide bonds. The van der Waals surface area contributed by atoms with Gasteiger partial charge in [0.25, 0.3) is 5.91 Å². The molecule has 1 aliphatic rings. The minimum absolute atomic E-state index is 0.158. The minimum atomic E-state index is -0.525. The number of hydrogen-bond donors (Lipinski definition) is 2. The van der Waals surface area contributed by atoms with Gasteiger partial charge in [-0.25, -0.2) is 4.79 Å². The number of imide groups is 1. The predicted molar refractivity (Wildman–Crippen MR) is 91.2 cm³/mol. The van der Waals surface area contributed by atoms with E-state index in [1.165, 1.54) is 12.6 Å². The largest absolute Gasteiger partial charge is 0.386 e. The molecule has 124 valence electrons. The van der Waals surface area contributed by atoms with Crippen LogP contribution in [0.4, 0.5) is 4.79 Å². The number of nitrogens with one attached hydrogen (secondary N) is 2. The molecule has 1 aliphatic carbocycles. The molecule has 2 rings (SSSR count). The van der Waals surface area contributed by atoms with Crippen LogP contribution in [0.25, 0.3) is 0 Å². The van der Waals surface area contributed by atoms with Crippen LogP contribution >= 0.6 is 15.9 Å². The van der Waals surface area contributed by atoms with Crippen molar-refractivity contribution >= 4 is 34.1 Å². The first-order valence-electron chi connectivity index (χ1n) is 7.65. The van der Waals surface area contributed by atoms with Crippen molar-refractivity contribution in [2.45, 2.75) is 38.1 Å². The average Bonchev–Trinajstić information content (AvgIpc) is 2.54. The Morgan fingerprint density at radius 1 is 1.26 bits per heavy atom. The smallest absolute Gasteiger partial charge is 0.321 e. The highest BCUT2D eigenvalue weighted by Crippen LogP contribution is 2.17. The van der Waals surface area contributed by atoms with Gasteiger partial charge in [0.1, 0.15) is 0 Å². The third-order valence-corrected chi connectivity index (χ3v) is 4.28. The van der Waals surface area contributed by atoms with Gasteiger partial charge in [0.2, 0.25) is 0 Å². The van der Waals surface area contributed by atoms with Crippen molar-refractivity contribution in [1.82, 2.24) is 10.6 Å². The highest BCUT2D eigenvalue weighted by molar-refractivity contribution is 9.10. The maximum absolute atomic E-state index is 11.7. The van der Waals surface area contributed by atoms with Gasteiger partial charge in [-0.3, -0.25) is 10.1 Å². The summed E-state index contributed by atoms with van der Waals surface area (Å²) in [4.78, 5) is 28.2. The summed E-state index contributed by atoms with van der Waals surface area (Å²) in [7, 11) is 0. The van der Waals surface area contributed by atoms with Gasteiger partial charge in [0, 0.05) is 16.1 Å². The Labute approximate surface area is 143 Å². The Morgan fingerprint density at radius 2 is 2.00 bits per heavy atom. The first kappa shape index (κ1) is 17.5. The molecule has 0 bridgehead atoms. The second kappa shape index (κ2) is 9.29. The zero-order chi connectivity index (χ0) is 16.5.